The fourth-order valence-corrected chi connectivity index (χ4v) is 3.15. The van der Waals surface area contributed by atoms with Crippen LogP contribution in [0.1, 0.15) is 18.4 Å². The van der Waals surface area contributed by atoms with Gasteiger partial charge in [0.05, 0.1) is 0 Å². The maximum atomic E-state index is 12.0. The number of carbonyl (C=O) groups excluding carboxylic acids is 1. The first kappa shape index (κ1) is 15.8. The molecule has 1 saturated heterocycles. The van der Waals surface area contributed by atoms with Crippen LogP contribution in [0.3, 0.4) is 0 Å². The first-order valence-electron chi connectivity index (χ1n) is 8.46. The summed E-state index contributed by atoms with van der Waals surface area (Å²) in [6, 6.07) is 14.8. The molecule has 4 nitrogen and oxygen atoms in total. The molecule has 0 spiro atoms. The van der Waals surface area contributed by atoms with Crippen molar-refractivity contribution in [1.82, 2.24) is 14.8 Å². The van der Waals surface area contributed by atoms with Gasteiger partial charge in [0.25, 0.3) is 0 Å². The summed E-state index contributed by atoms with van der Waals surface area (Å²) in [6.07, 6.45) is 7.04. The van der Waals surface area contributed by atoms with Crippen molar-refractivity contribution in [2.75, 3.05) is 19.6 Å². The van der Waals surface area contributed by atoms with Gasteiger partial charge in [-0.15, -0.1) is 0 Å². The van der Waals surface area contributed by atoms with Gasteiger partial charge in [0, 0.05) is 38.1 Å². The van der Waals surface area contributed by atoms with Gasteiger partial charge >= 0.3 is 0 Å². The number of likely N-dealkylation sites (tertiary alicyclic amines) is 1. The number of nitrogens with one attached hydrogen (secondary N) is 1. The van der Waals surface area contributed by atoms with Crippen LogP contribution in [-0.2, 0) is 17.8 Å². The Labute approximate surface area is 138 Å². The highest BCUT2D eigenvalue weighted by Crippen LogP contribution is 2.11. The summed E-state index contributed by atoms with van der Waals surface area (Å²) in [5.74, 6) is 0.115. The molecular formula is C19H25N3O. The zero-order valence-corrected chi connectivity index (χ0v) is 13.5. The average Bonchev–Trinajstić information content (AvgIpc) is 3.08. The smallest absolute Gasteiger partial charge is 0.240 e. The molecule has 1 N–H and O–H groups in total. The number of hydrogen-bond acceptors (Lipinski definition) is 2. The number of piperidine rings is 1. The van der Waals surface area contributed by atoms with Crippen LogP contribution in [0.4, 0.5) is 0 Å². The molecule has 23 heavy (non-hydrogen) atoms. The number of benzene rings is 1. The molecule has 2 heterocycles. The molecule has 1 aromatic heterocycles. The van der Waals surface area contributed by atoms with Crippen LogP contribution >= 0.6 is 0 Å². The van der Waals surface area contributed by atoms with E-state index in [1.54, 1.807) is 0 Å². The van der Waals surface area contributed by atoms with Crippen LogP contribution in [0.25, 0.3) is 0 Å². The normalized spacial score (nSPS) is 16.3. The second-order valence-corrected chi connectivity index (χ2v) is 6.27. The topological polar surface area (TPSA) is 37.3 Å². The van der Waals surface area contributed by atoms with E-state index in [4.69, 9.17) is 0 Å². The number of amides is 1. The Balaban J connectivity index is 1.36. The zero-order valence-electron chi connectivity index (χ0n) is 13.5. The Morgan fingerprint density at radius 3 is 2.43 bits per heavy atom. The Morgan fingerprint density at radius 1 is 1.04 bits per heavy atom. The van der Waals surface area contributed by atoms with Gasteiger partial charge in [-0.1, -0.05) is 30.3 Å². The van der Waals surface area contributed by atoms with Crippen LogP contribution in [0.2, 0.25) is 0 Å². The summed E-state index contributed by atoms with van der Waals surface area (Å²) < 4.78 is 1.91. The molecule has 1 aliphatic rings. The largest absolute Gasteiger partial charge is 0.352 e. The minimum absolute atomic E-state index is 0.115. The SMILES string of the molecule is O=C(Cn1cccc1)NC1CCN(CCc2ccccc2)CC1. The Morgan fingerprint density at radius 2 is 1.74 bits per heavy atom. The molecule has 4 heteroatoms. The molecule has 1 aromatic carbocycles. The summed E-state index contributed by atoms with van der Waals surface area (Å²) in [5.41, 5.74) is 1.40. The molecule has 2 aromatic rings. The highest BCUT2D eigenvalue weighted by atomic mass is 16.2. The van der Waals surface area contributed by atoms with Crippen molar-refractivity contribution in [1.29, 1.82) is 0 Å². The van der Waals surface area contributed by atoms with E-state index in [1.807, 2.05) is 29.1 Å². The third-order valence-electron chi connectivity index (χ3n) is 4.50. The van der Waals surface area contributed by atoms with Gasteiger partial charge in [0.1, 0.15) is 6.54 Å². The van der Waals surface area contributed by atoms with E-state index < -0.39 is 0 Å². The molecule has 0 radical (unpaired) electrons. The third-order valence-corrected chi connectivity index (χ3v) is 4.50. The number of aromatic nitrogens is 1. The molecule has 1 fully saturated rings. The summed E-state index contributed by atoms with van der Waals surface area (Å²) in [7, 11) is 0. The average molecular weight is 311 g/mol. The van der Waals surface area contributed by atoms with E-state index in [0.29, 0.717) is 12.6 Å². The minimum Gasteiger partial charge on any atom is -0.352 e. The van der Waals surface area contributed by atoms with E-state index in [-0.39, 0.29) is 5.91 Å². The van der Waals surface area contributed by atoms with Crippen LogP contribution in [-0.4, -0.2) is 41.1 Å². The van der Waals surface area contributed by atoms with E-state index >= 15 is 0 Å². The summed E-state index contributed by atoms with van der Waals surface area (Å²) in [6.45, 7) is 3.66. The van der Waals surface area contributed by atoms with Gasteiger partial charge in [0.15, 0.2) is 0 Å². The van der Waals surface area contributed by atoms with E-state index in [0.717, 1.165) is 38.9 Å². The molecule has 0 unspecified atom stereocenters. The highest BCUT2D eigenvalue weighted by molar-refractivity contribution is 5.76. The van der Waals surface area contributed by atoms with Crippen LogP contribution in [0, 0.1) is 0 Å². The number of rotatable bonds is 6. The van der Waals surface area contributed by atoms with Gasteiger partial charge in [-0.3, -0.25) is 4.79 Å². The molecule has 122 valence electrons. The van der Waals surface area contributed by atoms with Gasteiger partial charge in [-0.25, -0.2) is 0 Å². The Bertz CT molecular complexity index is 586. The molecule has 1 amide bonds. The summed E-state index contributed by atoms with van der Waals surface area (Å²) in [5, 5.41) is 3.17. The fourth-order valence-electron chi connectivity index (χ4n) is 3.15. The first-order chi connectivity index (χ1) is 11.3. The van der Waals surface area contributed by atoms with Crippen LogP contribution in [0.15, 0.2) is 54.9 Å². The molecule has 0 atom stereocenters. The van der Waals surface area contributed by atoms with Crippen molar-refractivity contribution >= 4 is 5.91 Å². The van der Waals surface area contributed by atoms with E-state index in [2.05, 4.69) is 40.5 Å². The van der Waals surface area contributed by atoms with Crippen molar-refractivity contribution in [3.8, 4) is 0 Å². The third kappa shape index (κ3) is 4.96. The first-order valence-corrected chi connectivity index (χ1v) is 8.46. The second-order valence-electron chi connectivity index (χ2n) is 6.27. The lowest BCUT2D eigenvalue weighted by Crippen LogP contribution is -2.45. The summed E-state index contributed by atoms with van der Waals surface area (Å²) in [4.78, 5) is 14.5. The maximum Gasteiger partial charge on any atom is 0.240 e. The van der Waals surface area contributed by atoms with Gasteiger partial charge in [0.2, 0.25) is 5.91 Å². The lowest BCUT2D eigenvalue weighted by atomic mass is 10.0. The molecule has 0 saturated carbocycles. The Kier molecular flexibility index (Phi) is 5.48. The minimum atomic E-state index is 0.115. The quantitative estimate of drug-likeness (QED) is 0.889. The van der Waals surface area contributed by atoms with Crippen molar-refractivity contribution in [3.05, 3.63) is 60.4 Å². The number of hydrogen-bond donors (Lipinski definition) is 1. The van der Waals surface area contributed by atoms with Gasteiger partial charge < -0.3 is 14.8 Å². The fraction of sp³-hybridized carbons (Fsp3) is 0.421. The van der Waals surface area contributed by atoms with Crippen molar-refractivity contribution in [3.63, 3.8) is 0 Å². The van der Waals surface area contributed by atoms with Gasteiger partial charge in [-0.05, 0) is 37.0 Å². The standard InChI is InChI=1S/C19H25N3O/c23-19(16-22-11-4-5-12-22)20-18-9-14-21(15-10-18)13-8-17-6-2-1-3-7-17/h1-7,11-12,18H,8-10,13-16H2,(H,20,23). The molecule has 0 bridgehead atoms. The van der Waals surface area contributed by atoms with Crippen molar-refractivity contribution in [2.24, 2.45) is 0 Å². The van der Waals surface area contributed by atoms with Gasteiger partial charge in [-0.2, -0.15) is 0 Å². The predicted molar refractivity (Wildman–Crippen MR) is 92.2 cm³/mol. The molecular weight excluding hydrogens is 286 g/mol. The maximum absolute atomic E-state index is 12.0. The molecule has 1 aliphatic heterocycles. The van der Waals surface area contributed by atoms with Crippen LogP contribution in [0.5, 0.6) is 0 Å². The number of carbonyl (C=O) groups is 1. The lowest BCUT2D eigenvalue weighted by molar-refractivity contribution is -0.122. The lowest BCUT2D eigenvalue weighted by Gasteiger charge is -2.32. The highest BCUT2D eigenvalue weighted by Gasteiger charge is 2.20. The van der Waals surface area contributed by atoms with E-state index in [9.17, 15) is 4.79 Å². The molecule has 3 rings (SSSR count). The molecule has 0 aliphatic carbocycles. The van der Waals surface area contributed by atoms with Crippen molar-refractivity contribution < 1.29 is 4.79 Å². The second kappa shape index (κ2) is 7.97. The Hall–Kier alpha value is -2.07. The summed E-state index contributed by atoms with van der Waals surface area (Å²) >= 11 is 0. The van der Waals surface area contributed by atoms with Crippen molar-refractivity contribution in [2.45, 2.75) is 31.8 Å². The van der Waals surface area contributed by atoms with E-state index in [1.165, 1.54) is 5.56 Å². The van der Waals surface area contributed by atoms with Crippen LogP contribution < -0.4 is 5.32 Å². The predicted octanol–water partition coefficient (Wildman–Crippen LogP) is 2.31. The zero-order chi connectivity index (χ0) is 15.9. The monoisotopic (exact) mass is 311 g/mol. The number of nitrogens with zero attached hydrogens (tertiary/aromatic N) is 2.